The molecule has 0 saturated heterocycles. The summed E-state index contributed by atoms with van der Waals surface area (Å²) in [6.07, 6.45) is 6.27. The zero-order chi connectivity index (χ0) is 12.8. The van der Waals surface area contributed by atoms with Crippen molar-refractivity contribution >= 4 is 26.3 Å². The van der Waals surface area contributed by atoms with Crippen molar-refractivity contribution in [2.45, 2.75) is 25.3 Å². The monoisotopic (exact) mass is 361 g/mol. The van der Waals surface area contributed by atoms with Crippen LogP contribution in [0.1, 0.15) is 35.6 Å². The van der Waals surface area contributed by atoms with Crippen LogP contribution in [0.25, 0.3) is 11.3 Å². The lowest BCUT2D eigenvalue weighted by molar-refractivity contribution is 0.992. The molecule has 1 aromatic carbocycles. The van der Waals surface area contributed by atoms with E-state index < -0.39 is 0 Å². The topological polar surface area (TPSA) is 38.1 Å². The highest BCUT2D eigenvalue weighted by molar-refractivity contribution is 14.1. The molecule has 2 heterocycles. The summed E-state index contributed by atoms with van der Waals surface area (Å²) in [6.45, 7) is 0.807. The standard InChI is InChI=1S/C15H12IN3/c16-15-12-5-10(3-4-11(12)6-18-15)14-8-17-7-13(19-14)9-1-2-9/h3-5,7-9H,1-2,6H2. The van der Waals surface area contributed by atoms with Crippen LogP contribution in [0.2, 0.25) is 0 Å². The molecular formula is C15H12IN3. The molecule has 2 aromatic rings. The van der Waals surface area contributed by atoms with Crippen LogP contribution in [0.3, 0.4) is 0 Å². The minimum atomic E-state index is 0.642. The average Bonchev–Trinajstić information content (AvgIpc) is 3.24. The molecule has 4 heteroatoms. The van der Waals surface area contributed by atoms with Crippen LogP contribution < -0.4 is 0 Å². The molecule has 19 heavy (non-hydrogen) atoms. The van der Waals surface area contributed by atoms with Crippen LogP contribution in [0.5, 0.6) is 0 Å². The second-order valence-corrected chi connectivity index (χ2v) is 6.10. The average molecular weight is 361 g/mol. The summed E-state index contributed by atoms with van der Waals surface area (Å²) in [5.41, 5.74) is 5.81. The van der Waals surface area contributed by atoms with Gasteiger partial charge >= 0.3 is 0 Å². The molecule has 1 aliphatic heterocycles. The minimum Gasteiger partial charge on any atom is -0.273 e. The normalized spacial score (nSPS) is 17.2. The second-order valence-electron chi connectivity index (χ2n) is 5.08. The van der Waals surface area contributed by atoms with E-state index in [2.05, 4.69) is 50.8 Å². The Bertz CT molecular complexity index is 690. The van der Waals surface area contributed by atoms with Crippen LogP contribution >= 0.6 is 22.6 Å². The third kappa shape index (κ3) is 2.08. The molecule has 0 bridgehead atoms. The van der Waals surface area contributed by atoms with Crippen molar-refractivity contribution in [1.29, 1.82) is 0 Å². The van der Waals surface area contributed by atoms with Crippen molar-refractivity contribution in [3.05, 3.63) is 47.4 Å². The zero-order valence-corrected chi connectivity index (χ0v) is 12.5. The molecule has 0 radical (unpaired) electrons. The van der Waals surface area contributed by atoms with Crippen molar-refractivity contribution in [3.8, 4) is 11.3 Å². The maximum absolute atomic E-state index is 4.75. The van der Waals surface area contributed by atoms with Crippen molar-refractivity contribution in [3.63, 3.8) is 0 Å². The van der Waals surface area contributed by atoms with E-state index in [9.17, 15) is 0 Å². The van der Waals surface area contributed by atoms with Gasteiger partial charge in [-0.05, 0) is 47.1 Å². The Morgan fingerprint density at radius 1 is 1.16 bits per heavy atom. The minimum absolute atomic E-state index is 0.642. The van der Waals surface area contributed by atoms with Crippen LogP contribution in [-0.4, -0.2) is 13.7 Å². The van der Waals surface area contributed by atoms with Gasteiger partial charge < -0.3 is 0 Å². The van der Waals surface area contributed by atoms with Gasteiger partial charge in [-0.15, -0.1) is 0 Å². The molecule has 1 aromatic heterocycles. The molecule has 1 aliphatic carbocycles. The first-order valence-electron chi connectivity index (χ1n) is 6.47. The highest BCUT2D eigenvalue weighted by Gasteiger charge is 2.25. The molecule has 2 aliphatic rings. The molecule has 1 fully saturated rings. The first kappa shape index (κ1) is 11.5. The highest BCUT2D eigenvalue weighted by Crippen LogP contribution is 2.39. The van der Waals surface area contributed by atoms with E-state index >= 15 is 0 Å². The van der Waals surface area contributed by atoms with Gasteiger partial charge in [-0.1, -0.05) is 12.1 Å². The predicted octanol–water partition coefficient (Wildman–Crippen LogP) is 3.72. The van der Waals surface area contributed by atoms with E-state index in [0.29, 0.717) is 5.92 Å². The first-order valence-corrected chi connectivity index (χ1v) is 7.55. The molecule has 0 amide bonds. The fraction of sp³-hybridized carbons (Fsp3) is 0.267. The lowest BCUT2D eigenvalue weighted by Crippen LogP contribution is -1.94. The van der Waals surface area contributed by atoms with E-state index in [0.717, 1.165) is 27.2 Å². The van der Waals surface area contributed by atoms with E-state index in [1.54, 1.807) is 0 Å². The van der Waals surface area contributed by atoms with Gasteiger partial charge in [0.1, 0.15) is 3.72 Å². The SMILES string of the molecule is IC1=NCc2ccc(-c3cncc(C4CC4)n3)cc21. The van der Waals surface area contributed by atoms with Gasteiger partial charge in [-0.25, -0.2) is 4.98 Å². The first-order chi connectivity index (χ1) is 9.31. The zero-order valence-electron chi connectivity index (χ0n) is 10.3. The fourth-order valence-corrected chi connectivity index (χ4v) is 3.07. The van der Waals surface area contributed by atoms with E-state index in [1.807, 2.05) is 12.4 Å². The lowest BCUT2D eigenvalue weighted by Gasteiger charge is -2.05. The Morgan fingerprint density at radius 2 is 2.05 bits per heavy atom. The number of rotatable bonds is 2. The Balaban J connectivity index is 1.78. The van der Waals surface area contributed by atoms with Gasteiger partial charge in [0, 0.05) is 23.2 Å². The predicted molar refractivity (Wildman–Crippen MR) is 83.7 cm³/mol. The van der Waals surface area contributed by atoms with Crippen LogP contribution in [0.15, 0.2) is 35.6 Å². The largest absolute Gasteiger partial charge is 0.273 e. The third-order valence-electron chi connectivity index (χ3n) is 3.66. The fourth-order valence-electron chi connectivity index (χ4n) is 2.40. The van der Waals surface area contributed by atoms with E-state index in [-0.39, 0.29) is 0 Å². The van der Waals surface area contributed by atoms with Gasteiger partial charge in [0.15, 0.2) is 0 Å². The van der Waals surface area contributed by atoms with E-state index in [4.69, 9.17) is 4.98 Å². The Morgan fingerprint density at radius 3 is 2.89 bits per heavy atom. The summed E-state index contributed by atoms with van der Waals surface area (Å²) in [5.74, 6) is 0.642. The quantitative estimate of drug-likeness (QED) is 0.765. The van der Waals surface area contributed by atoms with Gasteiger partial charge in [0.05, 0.1) is 24.1 Å². The molecule has 94 valence electrons. The lowest BCUT2D eigenvalue weighted by atomic mass is 10.0. The number of nitrogens with zero attached hydrogens (tertiary/aromatic N) is 3. The molecule has 3 nitrogen and oxygen atoms in total. The molecule has 4 rings (SSSR count). The van der Waals surface area contributed by atoms with Gasteiger partial charge in [-0.3, -0.25) is 9.98 Å². The molecule has 1 saturated carbocycles. The van der Waals surface area contributed by atoms with Gasteiger partial charge in [-0.2, -0.15) is 0 Å². The summed E-state index contributed by atoms with van der Waals surface area (Å²) in [5, 5.41) is 0. The smallest absolute Gasteiger partial charge is 0.103 e. The highest BCUT2D eigenvalue weighted by atomic mass is 127. The number of hydrogen-bond acceptors (Lipinski definition) is 3. The van der Waals surface area contributed by atoms with Crippen LogP contribution in [0.4, 0.5) is 0 Å². The van der Waals surface area contributed by atoms with Crippen LogP contribution in [0, 0.1) is 0 Å². The Hall–Kier alpha value is -1.30. The van der Waals surface area contributed by atoms with Crippen molar-refractivity contribution in [2.24, 2.45) is 4.99 Å². The summed E-state index contributed by atoms with van der Waals surface area (Å²) >= 11 is 2.30. The van der Waals surface area contributed by atoms with Crippen LogP contribution in [-0.2, 0) is 6.54 Å². The molecule has 0 N–H and O–H groups in total. The molecule has 0 unspecified atom stereocenters. The van der Waals surface area contributed by atoms with Gasteiger partial charge in [0.2, 0.25) is 0 Å². The number of fused-ring (bicyclic) bond motifs is 1. The maximum atomic E-state index is 4.75. The number of hydrogen-bond donors (Lipinski definition) is 0. The third-order valence-corrected chi connectivity index (χ3v) is 4.59. The molecule has 0 atom stereocenters. The number of aliphatic imine (C=N–C) groups is 1. The summed E-state index contributed by atoms with van der Waals surface area (Å²) in [6, 6.07) is 6.48. The summed E-state index contributed by atoms with van der Waals surface area (Å²) in [7, 11) is 0. The maximum Gasteiger partial charge on any atom is 0.103 e. The Labute approximate surface area is 125 Å². The molecule has 0 spiro atoms. The van der Waals surface area contributed by atoms with Gasteiger partial charge in [0.25, 0.3) is 0 Å². The Kier molecular flexibility index (Phi) is 2.65. The number of aromatic nitrogens is 2. The van der Waals surface area contributed by atoms with Crippen molar-refractivity contribution < 1.29 is 0 Å². The summed E-state index contributed by atoms with van der Waals surface area (Å²) < 4.78 is 1.10. The second kappa shape index (κ2) is 4.37. The summed E-state index contributed by atoms with van der Waals surface area (Å²) in [4.78, 5) is 13.6. The van der Waals surface area contributed by atoms with Crippen molar-refractivity contribution in [1.82, 2.24) is 9.97 Å². The molecular weight excluding hydrogens is 349 g/mol. The van der Waals surface area contributed by atoms with E-state index in [1.165, 1.54) is 24.0 Å². The van der Waals surface area contributed by atoms with Crippen molar-refractivity contribution in [2.75, 3.05) is 0 Å². The number of benzene rings is 1. The number of halogens is 1.